The summed E-state index contributed by atoms with van der Waals surface area (Å²) in [7, 11) is 2.86. The van der Waals surface area contributed by atoms with E-state index in [2.05, 4.69) is 20.7 Å². The Balaban J connectivity index is 1.74. The zero-order chi connectivity index (χ0) is 21.9. The Morgan fingerprint density at radius 1 is 1.17 bits per heavy atom. The molecule has 0 aliphatic carbocycles. The highest BCUT2D eigenvalue weighted by Gasteiger charge is 2.30. The first-order chi connectivity index (χ1) is 14.2. The Labute approximate surface area is 173 Å². The lowest BCUT2D eigenvalue weighted by atomic mass is 10.1. The van der Waals surface area contributed by atoms with E-state index in [9.17, 15) is 18.0 Å². The molecule has 3 rings (SSSR count). The van der Waals surface area contributed by atoms with Gasteiger partial charge in [-0.25, -0.2) is 0 Å². The number of nitrogens with one attached hydrogen (secondary N) is 1. The lowest BCUT2D eigenvalue weighted by molar-refractivity contribution is -0.137. The van der Waals surface area contributed by atoms with Gasteiger partial charge in [0.25, 0.3) is 0 Å². The summed E-state index contributed by atoms with van der Waals surface area (Å²) in [4.78, 5) is 13.3. The smallest absolute Gasteiger partial charge is 0.416 e. The van der Waals surface area contributed by atoms with Gasteiger partial charge < -0.3 is 14.8 Å². The number of carbonyl (C=O) groups is 1. The lowest BCUT2D eigenvalue weighted by Crippen LogP contribution is -2.20. The van der Waals surface area contributed by atoms with Crippen molar-refractivity contribution in [2.24, 2.45) is 0 Å². The Morgan fingerprint density at radius 3 is 2.57 bits per heavy atom. The van der Waals surface area contributed by atoms with Crippen LogP contribution in [0.2, 0.25) is 5.02 Å². The van der Waals surface area contributed by atoms with Crippen LogP contribution in [0.4, 0.5) is 18.9 Å². The molecule has 0 bridgehead atoms. The zero-order valence-electron chi connectivity index (χ0n) is 15.7. The van der Waals surface area contributed by atoms with Crippen LogP contribution < -0.4 is 14.8 Å². The molecule has 2 aromatic carbocycles. The van der Waals surface area contributed by atoms with Crippen molar-refractivity contribution in [3.63, 3.8) is 0 Å². The molecule has 8 nitrogen and oxygen atoms in total. The molecule has 1 N–H and O–H groups in total. The third kappa shape index (κ3) is 4.79. The van der Waals surface area contributed by atoms with Gasteiger partial charge in [0, 0.05) is 11.6 Å². The number of methoxy groups -OCH3 is 2. The molecule has 1 amide bonds. The van der Waals surface area contributed by atoms with Crippen LogP contribution in [0.15, 0.2) is 36.4 Å². The Hall–Kier alpha value is -3.34. The standard InChI is InChI=1S/C18H15ClF3N5O3/c1-29-14-8-15(30-2)13(7-12(14)19)23-16(28)9-27-25-17(24-26-27)10-4-3-5-11(6-10)18(20,21)22/h3-8H,9H2,1-2H3,(H,23,28). The first-order valence-corrected chi connectivity index (χ1v) is 8.76. The van der Waals surface area contributed by atoms with E-state index in [1.54, 1.807) is 0 Å². The fraction of sp³-hybridized carbons (Fsp3) is 0.222. The van der Waals surface area contributed by atoms with Gasteiger partial charge in [-0.05, 0) is 23.4 Å². The van der Waals surface area contributed by atoms with Crippen LogP contribution in [0.5, 0.6) is 11.5 Å². The Kier molecular flexibility index (Phi) is 6.11. The molecule has 3 aromatic rings. The van der Waals surface area contributed by atoms with E-state index in [-0.39, 0.29) is 23.0 Å². The Morgan fingerprint density at radius 2 is 1.90 bits per heavy atom. The van der Waals surface area contributed by atoms with Crippen LogP contribution in [-0.4, -0.2) is 40.3 Å². The summed E-state index contributed by atoms with van der Waals surface area (Å²) in [5, 5.41) is 14.2. The number of tetrazole rings is 1. The van der Waals surface area contributed by atoms with Crippen molar-refractivity contribution in [3.05, 3.63) is 47.0 Å². The second-order valence-corrected chi connectivity index (χ2v) is 6.36. The van der Waals surface area contributed by atoms with E-state index in [1.165, 1.54) is 38.5 Å². The number of nitrogens with zero attached hydrogens (tertiary/aromatic N) is 4. The minimum absolute atomic E-state index is 0.0426. The number of ether oxygens (including phenoxy) is 2. The van der Waals surface area contributed by atoms with Gasteiger partial charge in [-0.1, -0.05) is 23.7 Å². The number of hydrogen-bond acceptors (Lipinski definition) is 6. The minimum Gasteiger partial charge on any atom is -0.495 e. The first kappa shape index (κ1) is 21.4. The molecule has 0 spiro atoms. The van der Waals surface area contributed by atoms with Gasteiger partial charge >= 0.3 is 6.18 Å². The van der Waals surface area contributed by atoms with Gasteiger partial charge in [0.15, 0.2) is 0 Å². The molecule has 0 radical (unpaired) electrons. The average Bonchev–Trinajstić information content (AvgIpc) is 3.16. The second-order valence-electron chi connectivity index (χ2n) is 5.96. The number of alkyl halides is 3. The molecular formula is C18H15ClF3N5O3. The molecule has 1 aromatic heterocycles. The highest BCUT2D eigenvalue weighted by atomic mass is 35.5. The maximum Gasteiger partial charge on any atom is 0.416 e. The topological polar surface area (TPSA) is 91.2 Å². The molecule has 30 heavy (non-hydrogen) atoms. The monoisotopic (exact) mass is 441 g/mol. The van der Waals surface area contributed by atoms with Gasteiger partial charge in [0.1, 0.15) is 18.0 Å². The van der Waals surface area contributed by atoms with Crippen LogP contribution in [0.25, 0.3) is 11.4 Å². The number of carbonyl (C=O) groups excluding carboxylic acids is 1. The normalized spacial score (nSPS) is 11.3. The quantitative estimate of drug-likeness (QED) is 0.627. The summed E-state index contributed by atoms with van der Waals surface area (Å²) in [5.41, 5.74) is -0.413. The maximum absolute atomic E-state index is 12.9. The van der Waals surface area contributed by atoms with E-state index >= 15 is 0 Å². The van der Waals surface area contributed by atoms with Crippen molar-refractivity contribution in [2.75, 3.05) is 19.5 Å². The summed E-state index contributed by atoms with van der Waals surface area (Å²) < 4.78 is 48.9. The van der Waals surface area contributed by atoms with Crippen LogP contribution in [-0.2, 0) is 17.5 Å². The predicted molar refractivity (Wildman–Crippen MR) is 101 cm³/mol. The van der Waals surface area contributed by atoms with Crippen molar-refractivity contribution >= 4 is 23.2 Å². The molecular weight excluding hydrogens is 427 g/mol. The molecule has 0 atom stereocenters. The number of anilines is 1. The summed E-state index contributed by atoms with van der Waals surface area (Å²) in [6.45, 7) is -0.335. The highest BCUT2D eigenvalue weighted by Crippen LogP contribution is 2.36. The van der Waals surface area contributed by atoms with Gasteiger partial charge in [-0.3, -0.25) is 4.79 Å². The van der Waals surface area contributed by atoms with E-state index in [1.807, 2.05) is 0 Å². The number of halogens is 4. The fourth-order valence-corrected chi connectivity index (χ4v) is 2.78. The molecule has 1 heterocycles. The largest absolute Gasteiger partial charge is 0.495 e. The lowest BCUT2D eigenvalue weighted by Gasteiger charge is -2.12. The van der Waals surface area contributed by atoms with Crippen molar-refractivity contribution < 1.29 is 27.4 Å². The second kappa shape index (κ2) is 8.57. The third-order valence-electron chi connectivity index (χ3n) is 3.93. The Bertz CT molecular complexity index is 1070. The molecule has 0 unspecified atom stereocenters. The zero-order valence-corrected chi connectivity index (χ0v) is 16.5. The number of hydrogen-bond donors (Lipinski definition) is 1. The van der Waals surface area contributed by atoms with Crippen molar-refractivity contribution in [3.8, 4) is 22.9 Å². The van der Waals surface area contributed by atoms with Crippen LogP contribution >= 0.6 is 11.6 Å². The molecule has 0 aliphatic heterocycles. The highest BCUT2D eigenvalue weighted by molar-refractivity contribution is 6.32. The SMILES string of the molecule is COc1cc(OC)c(NC(=O)Cn2nnc(-c3cccc(C(F)(F)F)c3)n2)cc1Cl. The number of aromatic nitrogens is 4. The van der Waals surface area contributed by atoms with Crippen molar-refractivity contribution in [1.29, 1.82) is 0 Å². The van der Waals surface area contributed by atoms with Crippen LogP contribution in [0.1, 0.15) is 5.56 Å². The van der Waals surface area contributed by atoms with Crippen LogP contribution in [0.3, 0.4) is 0 Å². The van der Waals surface area contributed by atoms with E-state index in [0.717, 1.165) is 16.9 Å². The number of rotatable bonds is 6. The van der Waals surface area contributed by atoms with Gasteiger partial charge in [-0.2, -0.15) is 18.0 Å². The number of amides is 1. The van der Waals surface area contributed by atoms with Gasteiger partial charge in [-0.15, -0.1) is 10.2 Å². The number of benzene rings is 2. The van der Waals surface area contributed by atoms with E-state index in [4.69, 9.17) is 21.1 Å². The van der Waals surface area contributed by atoms with Crippen LogP contribution in [0, 0.1) is 0 Å². The van der Waals surface area contributed by atoms with Gasteiger partial charge in [0.2, 0.25) is 11.7 Å². The maximum atomic E-state index is 12.9. The van der Waals surface area contributed by atoms with E-state index < -0.39 is 17.6 Å². The summed E-state index contributed by atoms with van der Waals surface area (Å²) >= 11 is 6.07. The predicted octanol–water partition coefficient (Wildman–Crippen LogP) is 3.67. The molecule has 0 saturated carbocycles. The summed E-state index contributed by atoms with van der Waals surface area (Å²) in [6, 6.07) is 7.48. The molecule has 158 valence electrons. The van der Waals surface area contributed by atoms with E-state index in [0.29, 0.717) is 17.2 Å². The summed E-state index contributed by atoms with van der Waals surface area (Å²) in [5.74, 6) is 0.123. The summed E-state index contributed by atoms with van der Waals surface area (Å²) in [6.07, 6.45) is -4.50. The molecule has 12 heteroatoms. The minimum atomic E-state index is -4.50. The average molecular weight is 442 g/mol. The third-order valence-corrected chi connectivity index (χ3v) is 4.23. The first-order valence-electron chi connectivity index (χ1n) is 8.38. The van der Waals surface area contributed by atoms with Gasteiger partial charge in [0.05, 0.1) is 30.5 Å². The van der Waals surface area contributed by atoms with Crippen molar-refractivity contribution in [1.82, 2.24) is 20.2 Å². The molecule has 0 aliphatic rings. The molecule has 0 saturated heterocycles. The van der Waals surface area contributed by atoms with Crippen molar-refractivity contribution in [2.45, 2.75) is 12.7 Å². The molecule has 0 fully saturated rings. The fourth-order valence-electron chi connectivity index (χ4n) is 2.54.